The monoisotopic (exact) mass is 309 g/mol. The van der Waals surface area contributed by atoms with Crippen LogP contribution in [0.1, 0.15) is 56.0 Å². The molecule has 116 valence electrons. The molecule has 1 unspecified atom stereocenters. The summed E-state index contributed by atoms with van der Waals surface area (Å²) in [6, 6.07) is 2.13. The number of thiophene rings is 1. The molecule has 1 aromatic rings. The molecule has 0 radical (unpaired) electrons. The molecule has 6 heteroatoms. The minimum atomic E-state index is -0.928. The summed E-state index contributed by atoms with van der Waals surface area (Å²) in [4.78, 5) is 14.1. The van der Waals surface area contributed by atoms with Gasteiger partial charge in [-0.25, -0.2) is 0 Å². The second-order valence-corrected chi connectivity index (χ2v) is 6.49. The number of fused-ring (bicyclic) bond motifs is 1. The molecule has 2 rings (SSSR count). The number of oxime groups is 1. The summed E-state index contributed by atoms with van der Waals surface area (Å²) in [6.07, 6.45) is 4.12. The molecule has 0 aliphatic heterocycles. The van der Waals surface area contributed by atoms with E-state index >= 15 is 0 Å². The van der Waals surface area contributed by atoms with E-state index in [1.54, 1.807) is 11.3 Å². The average molecular weight is 309 g/mol. The van der Waals surface area contributed by atoms with Gasteiger partial charge < -0.3 is 16.3 Å². The maximum absolute atomic E-state index is 12.7. The zero-order valence-electron chi connectivity index (χ0n) is 12.6. The van der Waals surface area contributed by atoms with Crippen LogP contribution in [0.2, 0.25) is 0 Å². The first-order valence-corrected chi connectivity index (χ1v) is 8.32. The van der Waals surface area contributed by atoms with Crippen molar-refractivity contribution in [3.8, 4) is 0 Å². The average Bonchev–Trinajstić information content (AvgIpc) is 2.98. The number of rotatable bonds is 5. The maximum Gasteiger partial charge on any atom is 0.234 e. The van der Waals surface area contributed by atoms with Gasteiger partial charge in [0.1, 0.15) is 5.41 Å². The molecule has 5 nitrogen and oxygen atoms in total. The highest BCUT2D eigenvalue weighted by atomic mass is 32.1. The first kappa shape index (κ1) is 15.8. The Hall–Kier alpha value is -1.56. The van der Waals surface area contributed by atoms with Crippen LogP contribution in [0.25, 0.3) is 0 Å². The standard InChI is InChI=1S/C15H23N3O2S/c1-3-15(4-2,13(16)18-20)14(19)17-11-6-5-7-12-10(11)8-9-21-12/h8-9,11,20H,3-7H2,1-2H3,(H2,16,18)(H,17,19). The van der Waals surface area contributed by atoms with Crippen LogP contribution in [-0.2, 0) is 11.2 Å². The Kier molecular flexibility index (Phi) is 4.88. The molecule has 0 bridgehead atoms. The van der Waals surface area contributed by atoms with Gasteiger partial charge in [-0.15, -0.1) is 11.3 Å². The first-order chi connectivity index (χ1) is 10.1. The highest BCUT2D eigenvalue weighted by molar-refractivity contribution is 7.10. The van der Waals surface area contributed by atoms with Crippen molar-refractivity contribution >= 4 is 23.1 Å². The minimum absolute atomic E-state index is 0.00801. The molecule has 0 fully saturated rings. The van der Waals surface area contributed by atoms with Crippen LogP contribution >= 0.6 is 11.3 Å². The van der Waals surface area contributed by atoms with Crippen LogP contribution in [0.15, 0.2) is 16.6 Å². The zero-order chi connectivity index (χ0) is 15.5. The van der Waals surface area contributed by atoms with Crippen LogP contribution < -0.4 is 11.1 Å². The summed E-state index contributed by atoms with van der Waals surface area (Å²) in [7, 11) is 0. The van der Waals surface area contributed by atoms with Gasteiger partial charge in [-0.05, 0) is 49.1 Å². The number of aryl methyl sites for hydroxylation is 1. The van der Waals surface area contributed by atoms with E-state index in [0.717, 1.165) is 19.3 Å². The van der Waals surface area contributed by atoms with E-state index in [2.05, 4.69) is 21.9 Å². The van der Waals surface area contributed by atoms with Crippen LogP contribution in [0, 0.1) is 5.41 Å². The predicted molar refractivity (Wildman–Crippen MR) is 84.6 cm³/mol. The summed E-state index contributed by atoms with van der Waals surface area (Å²) >= 11 is 1.75. The first-order valence-electron chi connectivity index (χ1n) is 7.44. The third-order valence-electron chi connectivity index (χ3n) is 4.60. The quantitative estimate of drug-likeness (QED) is 0.338. The molecular formula is C15H23N3O2S. The van der Waals surface area contributed by atoms with Crippen LogP contribution in [0.4, 0.5) is 0 Å². The number of carbonyl (C=O) groups excluding carboxylic acids is 1. The molecule has 0 spiro atoms. The van der Waals surface area contributed by atoms with E-state index in [-0.39, 0.29) is 17.8 Å². The molecular weight excluding hydrogens is 286 g/mol. The Morgan fingerprint density at radius 1 is 1.57 bits per heavy atom. The fraction of sp³-hybridized carbons (Fsp3) is 0.600. The number of hydrogen-bond donors (Lipinski definition) is 3. The molecule has 1 heterocycles. The van der Waals surface area contributed by atoms with Crippen LogP contribution in [-0.4, -0.2) is 17.0 Å². The number of hydrogen-bond acceptors (Lipinski definition) is 4. The molecule has 1 atom stereocenters. The molecule has 1 amide bonds. The molecule has 1 aliphatic carbocycles. The number of amides is 1. The molecule has 1 aliphatic rings. The van der Waals surface area contributed by atoms with Gasteiger partial charge in [0.15, 0.2) is 5.84 Å². The van der Waals surface area contributed by atoms with E-state index in [1.165, 1.54) is 10.4 Å². The number of nitrogens with two attached hydrogens (primary N) is 1. The molecule has 0 saturated carbocycles. The largest absolute Gasteiger partial charge is 0.409 e. The zero-order valence-corrected chi connectivity index (χ0v) is 13.4. The van der Waals surface area contributed by atoms with Crippen molar-refractivity contribution in [2.75, 3.05) is 0 Å². The lowest BCUT2D eigenvalue weighted by Crippen LogP contribution is -2.50. The van der Waals surface area contributed by atoms with E-state index in [0.29, 0.717) is 12.8 Å². The van der Waals surface area contributed by atoms with Gasteiger partial charge >= 0.3 is 0 Å². The molecule has 1 aromatic heterocycles. The van der Waals surface area contributed by atoms with Crippen molar-refractivity contribution in [1.29, 1.82) is 0 Å². The SMILES string of the molecule is CCC(CC)(C(=O)NC1CCCc2sccc21)C(N)=NO. The fourth-order valence-electron chi connectivity index (χ4n) is 3.08. The Morgan fingerprint density at radius 2 is 2.29 bits per heavy atom. The van der Waals surface area contributed by atoms with Gasteiger partial charge in [-0.3, -0.25) is 4.79 Å². The van der Waals surface area contributed by atoms with Gasteiger partial charge in [0.2, 0.25) is 5.91 Å². The minimum Gasteiger partial charge on any atom is -0.409 e. The highest BCUT2D eigenvalue weighted by Gasteiger charge is 2.41. The summed E-state index contributed by atoms with van der Waals surface area (Å²) in [5, 5.41) is 17.3. The summed E-state index contributed by atoms with van der Waals surface area (Å²) in [5.74, 6) is -0.154. The van der Waals surface area contributed by atoms with Crippen molar-refractivity contribution in [1.82, 2.24) is 5.32 Å². The second-order valence-electron chi connectivity index (χ2n) is 5.49. The number of amidine groups is 1. The Bertz CT molecular complexity index is 535. The van der Waals surface area contributed by atoms with Crippen LogP contribution in [0.5, 0.6) is 0 Å². The van der Waals surface area contributed by atoms with Gasteiger partial charge in [0.25, 0.3) is 0 Å². The van der Waals surface area contributed by atoms with Crippen molar-refractivity contribution in [2.24, 2.45) is 16.3 Å². The van der Waals surface area contributed by atoms with E-state index in [1.807, 2.05) is 13.8 Å². The van der Waals surface area contributed by atoms with Crippen molar-refractivity contribution in [2.45, 2.75) is 52.0 Å². The predicted octanol–water partition coefficient (Wildman–Crippen LogP) is 2.79. The third-order valence-corrected chi connectivity index (χ3v) is 5.59. The molecule has 4 N–H and O–H groups in total. The van der Waals surface area contributed by atoms with E-state index < -0.39 is 5.41 Å². The maximum atomic E-state index is 12.7. The second kappa shape index (κ2) is 6.47. The third kappa shape index (κ3) is 2.77. The Morgan fingerprint density at radius 3 is 2.90 bits per heavy atom. The topological polar surface area (TPSA) is 87.7 Å². The van der Waals surface area contributed by atoms with Gasteiger partial charge in [-0.2, -0.15) is 0 Å². The lowest BCUT2D eigenvalue weighted by atomic mass is 9.79. The number of nitrogens with zero attached hydrogens (tertiary/aromatic N) is 1. The Balaban J connectivity index is 2.22. The number of carbonyl (C=O) groups is 1. The lowest BCUT2D eigenvalue weighted by molar-refractivity contribution is -0.128. The summed E-state index contributed by atoms with van der Waals surface area (Å²) < 4.78 is 0. The summed E-state index contributed by atoms with van der Waals surface area (Å²) in [6.45, 7) is 3.77. The normalized spacial score (nSPS) is 19.1. The Labute approximate surface area is 129 Å². The van der Waals surface area contributed by atoms with Crippen molar-refractivity contribution in [3.63, 3.8) is 0 Å². The highest BCUT2D eigenvalue weighted by Crippen LogP contribution is 2.35. The van der Waals surface area contributed by atoms with Gasteiger partial charge in [0.05, 0.1) is 6.04 Å². The van der Waals surface area contributed by atoms with Gasteiger partial charge in [0, 0.05) is 4.88 Å². The number of nitrogens with one attached hydrogen (secondary N) is 1. The van der Waals surface area contributed by atoms with Crippen molar-refractivity contribution < 1.29 is 10.0 Å². The van der Waals surface area contributed by atoms with Crippen LogP contribution in [0.3, 0.4) is 0 Å². The van der Waals surface area contributed by atoms with Crippen molar-refractivity contribution in [3.05, 3.63) is 21.9 Å². The van der Waals surface area contributed by atoms with Gasteiger partial charge in [-0.1, -0.05) is 19.0 Å². The molecule has 21 heavy (non-hydrogen) atoms. The molecule has 0 aromatic carbocycles. The van der Waals surface area contributed by atoms with E-state index in [4.69, 9.17) is 10.9 Å². The molecule has 0 saturated heterocycles. The summed E-state index contributed by atoms with van der Waals surface area (Å²) in [5.41, 5.74) is 6.09. The smallest absolute Gasteiger partial charge is 0.234 e. The lowest BCUT2D eigenvalue weighted by Gasteiger charge is -2.32. The fourth-order valence-corrected chi connectivity index (χ4v) is 4.07. The van der Waals surface area contributed by atoms with E-state index in [9.17, 15) is 4.79 Å².